The maximum absolute atomic E-state index is 5.70. The van der Waals surface area contributed by atoms with Crippen LogP contribution >= 0.6 is 0 Å². The van der Waals surface area contributed by atoms with Crippen molar-refractivity contribution in [2.24, 2.45) is 10.9 Å². The van der Waals surface area contributed by atoms with Gasteiger partial charge in [-0.25, -0.2) is 0 Å². The average molecular weight is 378 g/mol. The summed E-state index contributed by atoms with van der Waals surface area (Å²) in [4.78, 5) is 7.26. The van der Waals surface area contributed by atoms with Crippen molar-refractivity contribution in [3.63, 3.8) is 0 Å². The second-order valence-corrected chi connectivity index (χ2v) is 7.01. The predicted octanol–water partition coefficient (Wildman–Crippen LogP) is 2.75. The summed E-state index contributed by atoms with van der Waals surface area (Å²) in [6.45, 7) is 10.0. The van der Waals surface area contributed by atoms with Crippen LogP contribution in [0, 0.1) is 5.92 Å². The normalized spacial score (nSPS) is 18.6. The number of likely N-dealkylation sites (tertiary alicyclic amines) is 1. The Bertz CT molecular complexity index is 580. The first-order chi connectivity index (χ1) is 13.2. The molecule has 6 nitrogen and oxygen atoms in total. The lowest BCUT2D eigenvalue weighted by molar-refractivity contribution is 0.0536. The molecule has 0 bridgehead atoms. The highest BCUT2D eigenvalue weighted by atomic mass is 16.5. The Morgan fingerprint density at radius 1 is 1.30 bits per heavy atom. The summed E-state index contributed by atoms with van der Waals surface area (Å²) in [6.07, 6.45) is 1.14. The highest BCUT2D eigenvalue weighted by Crippen LogP contribution is 2.26. The van der Waals surface area contributed by atoms with Crippen LogP contribution in [0.25, 0.3) is 0 Å². The summed E-state index contributed by atoms with van der Waals surface area (Å²) in [6, 6.07) is 8.18. The Balaban J connectivity index is 1.92. The number of methoxy groups -OCH3 is 2. The number of nitrogens with one attached hydrogen (secondary N) is 1. The number of para-hydroxylation sites is 1. The summed E-state index contributed by atoms with van der Waals surface area (Å²) in [7, 11) is 3.42. The van der Waals surface area contributed by atoms with Crippen LogP contribution < -0.4 is 10.1 Å². The molecule has 1 aliphatic rings. The Kier molecular flexibility index (Phi) is 9.42. The molecule has 0 aliphatic carbocycles. The lowest BCUT2D eigenvalue weighted by atomic mass is 10.0. The Morgan fingerprint density at radius 2 is 2.11 bits per heavy atom. The first-order valence-electron chi connectivity index (χ1n) is 9.92. The zero-order valence-corrected chi connectivity index (χ0v) is 17.2. The third-order valence-corrected chi connectivity index (χ3v) is 4.89. The van der Waals surface area contributed by atoms with Crippen molar-refractivity contribution >= 4 is 5.96 Å². The molecule has 1 heterocycles. The third kappa shape index (κ3) is 6.70. The minimum absolute atomic E-state index is 0.297. The molecule has 2 atom stereocenters. The van der Waals surface area contributed by atoms with Gasteiger partial charge in [0.1, 0.15) is 5.75 Å². The Morgan fingerprint density at radius 3 is 2.85 bits per heavy atom. The molecule has 1 aliphatic heterocycles. The van der Waals surface area contributed by atoms with Crippen molar-refractivity contribution in [1.82, 2.24) is 10.2 Å². The van der Waals surface area contributed by atoms with E-state index in [1.165, 1.54) is 5.56 Å². The van der Waals surface area contributed by atoms with Crippen LogP contribution in [-0.2, 0) is 9.47 Å². The molecule has 0 spiro atoms. The molecule has 27 heavy (non-hydrogen) atoms. The Labute approximate surface area is 163 Å². The molecule has 2 rings (SSSR count). The Hall–Kier alpha value is -1.79. The van der Waals surface area contributed by atoms with Gasteiger partial charge in [0, 0.05) is 45.1 Å². The molecule has 2 unspecified atom stereocenters. The van der Waals surface area contributed by atoms with Gasteiger partial charge in [-0.1, -0.05) is 25.1 Å². The van der Waals surface area contributed by atoms with Gasteiger partial charge < -0.3 is 24.4 Å². The molecule has 6 heteroatoms. The van der Waals surface area contributed by atoms with E-state index in [4.69, 9.17) is 19.2 Å². The maximum atomic E-state index is 5.70. The molecule has 152 valence electrons. The van der Waals surface area contributed by atoms with Gasteiger partial charge in [0.25, 0.3) is 0 Å². The van der Waals surface area contributed by atoms with E-state index in [2.05, 4.69) is 36.2 Å². The predicted molar refractivity (Wildman–Crippen MR) is 110 cm³/mol. The molecule has 1 N–H and O–H groups in total. The molecule has 0 radical (unpaired) electrons. The second kappa shape index (κ2) is 11.8. The smallest absolute Gasteiger partial charge is 0.193 e. The fraction of sp³-hybridized carbons (Fsp3) is 0.667. The first kappa shape index (κ1) is 21.5. The molecule has 1 aromatic carbocycles. The number of hydrogen-bond donors (Lipinski definition) is 1. The van der Waals surface area contributed by atoms with Gasteiger partial charge in [0.2, 0.25) is 0 Å². The molecule has 1 aromatic rings. The number of ether oxygens (including phenoxy) is 3. The third-order valence-electron chi connectivity index (χ3n) is 4.89. The second-order valence-electron chi connectivity index (χ2n) is 7.01. The average Bonchev–Trinajstić information content (AvgIpc) is 3.17. The minimum Gasteiger partial charge on any atom is -0.496 e. The zero-order valence-electron chi connectivity index (χ0n) is 17.2. The number of hydrogen-bond acceptors (Lipinski definition) is 4. The molecular formula is C21H35N3O3. The van der Waals surface area contributed by atoms with E-state index in [1.807, 2.05) is 12.1 Å². The summed E-state index contributed by atoms with van der Waals surface area (Å²) in [5, 5.41) is 3.44. The van der Waals surface area contributed by atoms with E-state index in [1.54, 1.807) is 14.2 Å². The van der Waals surface area contributed by atoms with E-state index in [0.717, 1.165) is 50.9 Å². The van der Waals surface area contributed by atoms with Crippen molar-refractivity contribution in [3.8, 4) is 5.75 Å². The van der Waals surface area contributed by atoms with Crippen molar-refractivity contribution in [1.29, 1.82) is 0 Å². The summed E-state index contributed by atoms with van der Waals surface area (Å²) < 4.78 is 16.2. The topological polar surface area (TPSA) is 55.3 Å². The van der Waals surface area contributed by atoms with E-state index < -0.39 is 0 Å². The van der Waals surface area contributed by atoms with Crippen molar-refractivity contribution in [3.05, 3.63) is 29.8 Å². The van der Waals surface area contributed by atoms with Crippen molar-refractivity contribution in [2.45, 2.75) is 26.2 Å². The van der Waals surface area contributed by atoms with Gasteiger partial charge in [-0.2, -0.15) is 0 Å². The molecular weight excluding hydrogens is 342 g/mol. The van der Waals surface area contributed by atoms with Gasteiger partial charge in [-0.3, -0.25) is 4.99 Å². The van der Waals surface area contributed by atoms with E-state index in [-0.39, 0.29) is 0 Å². The number of guanidine groups is 1. The lowest BCUT2D eigenvalue weighted by Crippen LogP contribution is -2.40. The lowest BCUT2D eigenvalue weighted by Gasteiger charge is -2.22. The molecule has 1 saturated heterocycles. The molecule has 0 saturated carbocycles. The minimum atomic E-state index is 0.297. The van der Waals surface area contributed by atoms with Crippen molar-refractivity contribution < 1.29 is 14.2 Å². The first-order valence-corrected chi connectivity index (χ1v) is 9.92. The fourth-order valence-corrected chi connectivity index (χ4v) is 3.37. The largest absolute Gasteiger partial charge is 0.496 e. The van der Waals surface area contributed by atoms with Crippen LogP contribution in [0.5, 0.6) is 5.75 Å². The van der Waals surface area contributed by atoms with E-state index in [9.17, 15) is 0 Å². The summed E-state index contributed by atoms with van der Waals surface area (Å²) in [5.41, 5.74) is 1.20. The number of benzene rings is 1. The SMILES string of the molecule is CCNC(=NCC(C)c1ccccc1OC)N1CCC(COCCOC)C1. The highest BCUT2D eigenvalue weighted by molar-refractivity contribution is 5.80. The van der Waals surface area contributed by atoms with Crippen LogP contribution in [0.3, 0.4) is 0 Å². The quantitative estimate of drug-likeness (QED) is 0.386. The van der Waals surface area contributed by atoms with Crippen LogP contribution in [0.4, 0.5) is 0 Å². The van der Waals surface area contributed by atoms with Gasteiger partial charge in [-0.05, 0) is 25.0 Å². The van der Waals surface area contributed by atoms with Crippen LogP contribution in [-0.4, -0.2) is 71.1 Å². The number of rotatable bonds is 10. The highest BCUT2D eigenvalue weighted by Gasteiger charge is 2.25. The maximum Gasteiger partial charge on any atom is 0.193 e. The van der Waals surface area contributed by atoms with E-state index >= 15 is 0 Å². The number of aliphatic imine (C=N–C) groups is 1. The summed E-state index contributed by atoms with van der Waals surface area (Å²) in [5.74, 6) is 2.78. The molecule has 1 fully saturated rings. The fourth-order valence-electron chi connectivity index (χ4n) is 3.37. The zero-order chi connectivity index (χ0) is 19.5. The molecule has 0 amide bonds. The molecule has 0 aromatic heterocycles. The van der Waals surface area contributed by atoms with Gasteiger partial charge in [0.15, 0.2) is 5.96 Å². The van der Waals surface area contributed by atoms with Crippen LogP contribution in [0.15, 0.2) is 29.3 Å². The van der Waals surface area contributed by atoms with E-state index in [0.29, 0.717) is 25.0 Å². The number of nitrogens with zero attached hydrogens (tertiary/aromatic N) is 2. The van der Waals surface area contributed by atoms with Crippen LogP contribution in [0.1, 0.15) is 31.7 Å². The van der Waals surface area contributed by atoms with Gasteiger partial charge in [0.05, 0.1) is 26.9 Å². The standard InChI is InChI=1S/C21H35N3O3/c1-5-22-21(24-11-10-18(15-24)16-27-13-12-25-3)23-14-17(2)19-8-6-7-9-20(19)26-4/h6-9,17-18H,5,10-16H2,1-4H3,(H,22,23). The van der Waals surface area contributed by atoms with Crippen molar-refractivity contribution in [2.75, 3.05) is 60.2 Å². The monoisotopic (exact) mass is 377 g/mol. The summed E-state index contributed by atoms with van der Waals surface area (Å²) >= 11 is 0. The van der Waals surface area contributed by atoms with Gasteiger partial charge in [-0.15, -0.1) is 0 Å². The van der Waals surface area contributed by atoms with Crippen LogP contribution in [0.2, 0.25) is 0 Å². The van der Waals surface area contributed by atoms with Gasteiger partial charge >= 0.3 is 0 Å².